The molecular formula is C38H42O8. The van der Waals surface area contributed by atoms with Crippen molar-refractivity contribution in [3.63, 3.8) is 0 Å². The highest BCUT2D eigenvalue weighted by atomic mass is 16.5. The summed E-state index contributed by atoms with van der Waals surface area (Å²) in [5.41, 5.74) is 5.64. The van der Waals surface area contributed by atoms with Crippen LogP contribution >= 0.6 is 0 Å². The molecule has 0 unspecified atom stereocenters. The van der Waals surface area contributed by atoms with Crippen molar-refractivity contribution in [1.82, 2.24) is 0 Å². The summed E-state index contributed by atoms with van der Waals surface area (Å²) in [6, 6.07) is 22.0. The summed E-state index contributed by atoms with van der Waals surface area (Å²) in [5, 5.41) is 18.5. The lowest BCUT2D eigenvalue weighted by Crippen LogP contribution is -2.04. The van der Waals surface area contributed by atoms with Crippen molar-refractivity contribution in [2.24, 2.45) is 0 Å². The number of carboxylic acids is 2. The van der Waals surface area contributed by atoms with Crippen LogP contribution in [0.2, 0.25) is 0 Å². The molecule has 0 saturated heterocycles. The lowest BCUT2D eigenvalue weighted by Gasteiger charge is -2.13. The van der Waals surface area contributed by atoms with Gasteiger partial charge in [-0.15, -0.1) is 0 Å². The highest BCUT2D eigenvalue weighted by molar-refractivity contribution is 5.92. The molecular weight excluding hydrogens is 584 g/mol. The molecule has 0 saturated carbocycles. The maximum atomic E-state index is 11.3. The van der Waals surface area contributed by atoms with Crippen molar-refractivity contribution in [1.29, 1.82) is 0 Å². The van der Waals surface area contributed by atoms with E-state index in [0.29, 0.717) is 36.2 Å². The van der Waals surface area contributed by atoms with Crippen molar-refractivity contribution in [3.8, 4) is 23.0 Å². The molecule has 0 bridgehead atoms. The fourth-order valence-electron chi connectivity index (χ4n) is 4.45. The van der Waals surface area contributed by atoms with Crippen LogP contribution in [0.1, 0.15) is 67.9 Å². The molecule has 2 N–H and O–H groups in total. The third-order valence-electron chi connectivity index (χ3n) is 6.66. The van der Waals surface area contributed by atoms with E-state index in [4.69, 9.17) is 18.9 Å². The van der Waals surface area contributed by atoms with E-state index < -0.39 is 11.9 Å². The molecule has 0 aromatic heterocycles. The largest absolute Gasteiger partial charge is 0.496 e. The first-order chi connectivity index (χ1) is 22.1. The van der Waals surface area contributed by atoms with E-state index in [1.165, 1.54) is 26.4 Å². The summed E-state index contributed by atoms with van der Waals surface area (Å²) in [6.45, 7) is 15.8. The van der Waals surface area contributed by atoms with E-state index in [1.807, 2.05) is 62.4 Å². The van der Waals surface area contributed by atoms with Gasteiger partial charge < -0.3 is 29.2 Å². The number of ether oxygens (including phenoxy) is 4. The predicted octanol–water partition coefficient (Wildman–Crippen LogP) is 8.87. The van der Waals surface area contributed by atoms with Crippen molar-refractivity contribution in [2.75, 3.05) is 14.2 Å². The second-order valence-electron chi connectivity index (χ2n) is 9.68. The molecule has 0 aliphatic heterocycles. The Kier molecular flexibility index (Phi) is 14.6. The van der Waals surface area contributed by atoms with E-state index in [9.17, 15) is 19.8 Å². The van der Waals surface area contributed by atoms with Gasteiger partial charge in [0.15, 0.2) is 0 Å². The van der Waals surface area contributed by atoms with Gasteiger partial charge in [-0.25, -0.2) is 9.59 Å². The van der Waals surface area contributed by atoms with Gasteiger partial charge >= 0.3 is 11.9 Å². The van der Waals surface area contributed by atoms with Gasteiger partial charge in [0.25, 0.3) is 0 Å². The molecule has 4 rings (SSSR count). The molecule has 8 nitrogen and oxygen atoms in total. The van der Waals surface area contributed by atoms with Crippen LogP contribution in [0.3, 0.4) is 0 Å². The molecule has 0 radical (unpaired) electrons. The first kappa shape index (κ1) is 36.7. The Morgan fingerprint density at radius 2 is 1.17 bits per heavy atom. The van der Waals surface area contributed by atoms with Crippen molar-refractivity contribution in [3.05, 3.63) is 130 Å². The average molecular weight is 627 g/mol. The molecule has 0 aliphatic carbocycles. The van der Waals surface area contributed by atoms with Gasteiger partial charge in [0.1, 0.15) is 47.3 Å². The van der Waals surface area contributed by atoms with Crippen LogP contribution in [0.5, 0.6) is 23.0 Å². The number of rotatable bonds is 12. The molecule has 4 aromatic rings. The zero-order valence-electron chi connectivity index (χ0n) is 27.3. The molecule has 0 aliphatic rings. The molecule has 46 heavy (non-hydrogen) atoms. The van der Waals surface area contributed by atoms with Gasteiger partial charge in [0.05, 0.1) is 14.2 Å². The number of aryl methyl sites for hydroxylation is 2. The lowest BCUT2D eigenvalue weighted by molar-refractivity contribution is 0.0681. The number of carbonyl (C=O) groups is 2. The fourth-order valence-corrected chi connectivity index (χ4v) is 4.45. The van der Waals surface area contributed by atoms with Gasteiger partial charge in [-0.05, 0) is 71.5 Å². The summed E-state index contributed by atoms with van der Waals surface area (Å²) in [6.07, 6.45) is 3.54. The molecule has 0 fully saturated rings. The Hall–Kier alpha value is -5.50. The average Bonchev–Trinajstić information content (AvgIpc) is 3.07. The number of hydrogen-bond acceptors (Lipinski definition) is 6. The highest BCUT2D eigenvalue weighted by Gasteiger charge is 2.17. The zero-order valence-corrected chi connectivity index (χ0v) is 27.3. The Balaban J connectivity index is 0.000000304. The number of carboxylic acid groups (broad SMARTS) is 2. The highest BCUT2D eigenvalue weighted by Crippen LogP contribution is 2.30. The Labute approximate surface area is 271 Å². The number of aromatic carboxylic acids is 2. The van der Waals surface area contributed by atoms with Gasteiger partial charge in [0, 0.05) is 0 Å². The maximum Gasteiger partial charge on any atom is 0.339 e. The van der Waals surface area contributed by atoms with Crippen LogP contribution in [-0.4, -0.2) is 36.4 Å². The number of benzene rings is 4. The molecule has 0 heterocycles. The maximum absolute atomic E-state index is 11.3. The predicted molar refractivity (Wildman–Crippen MR) is 182 cm³/mol. The standard InChI is InChI=1S/2C18H18O4.C2H6/c1-4-13-5-7-14(8-6-13)11-22-15-9-12(2)17(21-3)16(10-15)18(19)20;1-4-13-7-5-6-8-14(13)11-22-15-9-12(2)17(21-3)16(10-15)18(19)20;1-2/h2*4-10H,1,11H2,2-3H3,(H,19,20);1-2H3. The smallest absolute Gasteiger partial charge is 0.339 e. The SMILES string of the molecule is C=Cc1ccc(COc2cc(C)c(OC)c(C(=O)O)c2)cc1.C=Cc1ccccc1COc1cc(C)c(OC)c(C(=O)O)c1.CC. The van der Waals surface area contributed by atoms with Crippen LogP contribution in [0.25, 0.3) is 12.2 Å². The van der Waals surface area contributed by atoms with Crippen molar-refractivity contribution >= 4 is 24.1 Å². The summed E-state index contributed by atoms with van der Waals surface area (Å²) in [4.78, 5) is 22.6. The first-order valence-electron chi connectivity index (χ1n) is 14.6. The molecule has 8 heteroatoms. The third-order valence-corrected chi connectivity index (χ3v) is 6.66. The van der Waals surface area contributed by atoms with Gasteiger partial charge in [0.2, 0.25) is 0 Å². The van der Waals surface area contributed by atoms with Gasteiger partial charge in [-0.2, -0.15) is 0 Å². The summed E-state index contributed by atoms with van der Waals surface area (Å²) in [5.74, 6) is -0.378. The van der Waals surface area contributed by atoms with Crippen LogP contribution in [0.4, 0.5) is 0 Å². The Morgan fingerprint density at radius 3 is 1.61 bits per heavy atom. The molecule has 4 aromatic carbocycles. The quantitative estimate of drug-likeness (QED) is 0.160. The summed E-state index contributed by atoms with van der Waals surface area (Å²) in [7, 11) is 2.91. The van der Waals surface area contributed by atoms with E-state index in [0.717, 1.165) is 33.4 Å². The summed E-state index contributed by atoms with van der Waals surface area (Å²) >= 11 is 0. The molecule has 0 spiro atoms. The fraction of sp³-hybridized carbons (Fsp3) is 0.211. The van der Waals surface area contributed by atoms with Crippen LogP contribution in [-0.2, 0) is 13.2 Å². The summed E-state index contributed by atoms with van der Waals surface area (Å²) < 4.78 is 21.7. The number of hydrogen-bond donors (Lipinski definition) is 2. The lowest BCUT2D eigenvalue weighted by atomic mass is 10.1. The normalized spacial score (nSPS) is 9.78. The Morgan fingerprint density at radius 1 is 0.696 bits per heavy atom. The molecule has 0 atom stereocenters. The van der Waals surface area contributed by atoms with Crippen LogP contribution in [0, 0.1) is 13.8 Å². The van der Waals surface area contributed by atoms with Crippen molar-refractivity contribution in [2.45, 2.75) is 40.9 Å². The van der Waals surface area contributed by atoms with E-state index in [1.54, 1.807) is 38.1 Å². The van der Waals surface area contributed by atoms with Gasteiger partial charge in [-0.1, -0.05) is 87.7 Å². The first-order valence-corrected chi connectivity index (χ1v) is 14.6. The minimum absolute atomic E-state index is 0.0921. The number of methoxy groups -OCH3 is 2. The third kappa shape index (κ3) is 10.0. The topological polar surface area (TPSA) is 112 Å². The van der Waals surface area contributed by atoms with Crippen LogP contribution < -0.4 is 18.9 Å². The molecule has 242 valence electrons. The molecule has 0 amide bonds. The minimum Gasteiger partial charge on any atom is -0.496 e. The zero-order chi connectivity index (χ0) is 34.2. The van der Waals surface area contributed by atoms with Crippen LogP contribution in [0.15, 0.2) is 86.0 Å². The Bertz CT molecular complexity index is 1640. The van der Waals surface area contributed by atoms with Gasteiger partial charge in [-0.3, -0.25) is 0 Å². The monoisotopic (exact) mass is 626 g/mol. The second kappa shape index (κ2) is 18.3. The second-order valence-corrected chi connectivity index (χ2v) is 9.68. The van der Waals surface area contributed by atoms with E-state index in [-0.39, 0.29) is 11.1 Å². The van der Waals surface area contributed by atoms with Crippen molar-refractivity contribution < 1.29 is 38.7 Å². The van der Waals surface area contributed by atoms with E-state index >= 15 is 0 Å². The minimum atomic E-state index is -1.04. The van der Waals surface area contributed by atoms with E-state index in [2.05, 4.69) is 13.2 Å².